The fraction of sp³-hybridized carbons (Fsp3) is 0.400. The van der Waals surface area contributed by atoms with Crippen LogP contribution in [-0.4, -0.2) is 33.6 Å². The summed E-state index contributed by atoms with van der Waals surface area (Å²) in [4.78, 5) is 37.0. The molecule has 1 aliphatic rings. The van der Waals surface area contributed by atoms with E-state index in [1.54, 1.807) is 6.07 Å². The molecule has 1 amide bonds. The number of nitrogens with zero attached hydrogens (tertiary/aromatic N) is 4. The van der Waals surface area contributed by atoms with Crippen LogP contribution in [0.4, 0.5) is 19.0 Å². The molecule has 164 valence electrons. The molecule has 3 aromatic heterocycles. The summed E-state index contributed by atoms with van der Waals surface area (Å²) in [5, 5.41) is 0.479. The molecule has 0 radical (unpaired) electrons. The smallest absolute Gasteiger partial charge is 0.357 e. The van der Waals surface area contributed by atoms with E-state index < -0.39 is 11.7 Å². The van der Waals surface area contributed by atoms with Crippen molar-refractivity contribution in [3.63, 3.8) is 0 Å². The van der Waals surface area contributed by atoms with Crippen molar-refractivity contribution in [2.24, 2.45) is 5.92 Å². The number of aryl methyl sites for hydroxylation is 1. The molecule has 0 atom stereocenters. The van der Waals surface area contributed by atoms with Gasteiger partial charge in [0, 0.05) is 30.1 Å². The van der Waals surface area contributed by atoms with Crippen molar-refractivity contribution >= 4 is 33.3 Å². The van der Waals surface area contributed by atoms with Gasteiger partial charge in [0.25, 0.3) is 5.56 Å². The van der Waals surface area contributed by atoms with Crippen molar-refractivity contribution in [2.75, 3.05) is 23.4 Å². The number of carbonyl (C=O) groups excluding carboxylic acids is 1. The van der Waals surface area contributed by atoms with Gasteiger partial charge in [0.1, 0.15) is 17.0 Å². The van der Waals surface area contributed by atoms with Crippen molar-refractivity contribution in [1.29, 1.82) is 0 Å². The maximum Gasteiger partial charge on any atom is 0.417 e. The molecule has 3 aromatic rings. The van der Waals surface area contributed by atoms with E-state index >= 15 is 0 Å². The van der Waals surface area contributed by atoms with Crippen LogP contribution in [0.3, 0.4) is 0 Å². The van der Waals surface area contributed by atoms with Crippen LogP contribution in [0, 0.1) is 5.92 Å². The van der Waals surface area contributed by atoms with Gasteiger partial charge in [0.2, 0.25) is 5.91 Å². The van der Waals surface area contributed by atoms with Crippen LogP contribution in [0.5, 0.6) is 0 Å². The Bertz CT molecular complexity index is 1150. The van der Waals surface area contributed by atoms with E-state index in [0.29, 0.717) is 42.0 Å². The molecule has 0 aromatic carbocycles. The standard InChI is InChI=1S/C20H20F3N5O2S/c1-2-14-9-15-18(31-14)25-11-28(19(15)30)26-17(29)12-5-7-27(8-6-12)16-4-3-13(10-24-16)20(21,22)23/h3-4,9-12H,2,5-8H2,1H3,(H,26,29). The Morgan fingerprint density at radius 3 is 2.61 bits per heavy atom. The van der Waals surface area contributed by atoms with Gasteiger partial charge < -0.3 is 4.90 Å². The third-order valence-corrected chi connectivity index (χ3v) is 6.53. The van der Waals surface area contributed by atoms with Gasteiger partial charge in [-0.05, 0) is 37.5 Å². The molecule has 0 spiro atoms. The molecule has 0 bridgehead atoms. The van der Waals surface area contributed by atoms with Gasteiger partial charge in [-0.1, -0.05) is 6.92 Å². The molecule has 1 N–H and O–H groups in total. The first kappa shape index (κ1) is 21.3. The number of alkyl halides is 3. The fourth-order valence-electron chi connectivity index (χ4n) is 3.55. The predicted octanol–water partition coefficient (Wildman–Crippen LogP) is 3.42. The summed E-state index contributed by atoms with van der Waals surface area (Å²) in [6.45, 7) is 2.96. The average Bonchev–Trinajstić information content (AvgIpc) is 3.20. The molecule has 0 saturated carbocycles. The molecular formula is C20H20F3N5O2S. The van der Waals surface area contributed by atoms with Crippen LogP contribution in [0.15, 0.2) is 35.5 Å². The number of nitrogens with one attached hydrogen (secondary N) is 1. The van der Waals surface area contributed by atoms with E-state index in [4.69, 9.17) is 0 Å². The number of piperidine rings is 1. The number of thiophene rings is 1. The van der Waals surface area contributed by atoms with E-state index in [-0.39, 0.29) is 17.4 Å². The summed E-state index contributed by atoms with van der Waals surface area (Å²) in [5.74, 6) is -0.155. The third-order valence-electron chi connectivity index (χ3n) is 5.35. The number of fused-ring (bicyclic) bond motifs is 1. The van der Waals surface area contributed by atoms with Crippen LogP contribution in [-0.2, 0) is 17.4 Å². The molecule has 0 aliphatic carbocycles. The SMILES string of the molecule is CCc1cc2c(=O)n(NC(=O)C3CCN(c4ccc(C(F)(F)F)cn4)CC3)cnc2s1. The number of amides is 1. The van der Waals surface area contributed by atoms with E-state index in [1.807, 2.05) is 11.8 Å². The molecule has 4 rings (SSSR count). The second kappa shape index (κ2) is 8.29. The maximum atomic E-state index is 12.7. The van der Waals surface area contributed by atoms with Gasteiger partial charge in [-0.15, -0.1) is 11.3 Å². The number of carbonyl (C=O) groups is 1. The van der Waals surface area contributed by atoms with Crippen LogP contribution in [0.25, 0.3) is 10.2 Å². The normalized spacial score (nSPS) is 15.4. The van der Waals surface area contributed by atoms with Crippen molar-refractivity contribution in [3.05, 3.63) is 51.5 Å². The molecule has 1 saturated heterocycles. The second-order valence-corrected chi connectivity index (χ2v) is 8.46. The molecule has 0 unspecified atom stereocenters. The van der Waals surface area contributed by atoms with Gasteiger partial charge in [-0.2, -0.15) is 13.2 Å². The number of hydrogen-bond donors (Lipinski definition) is 1. The zero-order valence-electron chi connectivity index (χ0n) is 16.6. The van der Waals surface area contributed by atoms with Crippen molar-refractivity contribution in [2.45, 2.75) is 32.4 Å². The maximum absolute atomic E-state index is 12.7. The number of halogens is 3. The lowest BCUT2D eigenvalue weighted by atomic mass is 9.96. The zero-order chi connectivity index (χ0) is 22.2. The molecule has 1 aliphatic heterocycles. The summed E-state index contributed by atoms with van der Waals surface area (Å²) < 4.78 is 39.2. The average molecular weight is 451 g/mol. The molecule has 31 heavy (non-hydrogen) atoms. The molecule has 4 heterocycles. The van der Waals surface area contributed by atoms with Crippen LogP contribution in [0.1, 0.15) is 30.2 Å². The van der Waals surface area contributed by atoms with Crippen LogP contribution >= 0.6 is 11.3 Å². The zero-order valence-corrected chi connectivity index (χ0v) is 17.5. The van der Waals surface area contributed by atoms with Gasteiger partial charge >= 0.3 is 6.18 Å². The topological polar surface area (TPSA) is 80.1 Å². The highest BCUT2D eigenvalue weighted by Gasteiger charge is 2.31. The largest absolute Gasteiger partial charge is 0.417 e. The first-order chi connectivity index (χ1) is 14.8. The number of hydrogen-bond acceptors (Lipinski definition) is 6. The van der Waals surface area contributed by atoms with Gasteiger partial charge in [0.15, 0.2) is 0 Å². The van der Waals surface area contributed by atoms with E-state index in [2.05, 4.69) is 15.4 Å². The lowest BCUT2D eigenvalue weighted by Gasteiger charge is -2.32. The highest BCUT2D eigenvalue weighted by Crippen LogP contribution is 2.30. The minimum atomic E-state index is -4.42. The van der Waals surface area contributed by atoms with Crippen molar-refractivity contribution in [3.8, 4) is 0 Å². The fourth-order valence-corrected chi connectivity index (χ4v) is 4.47. The van der Waals surface area contributed by atoms with E-state index in [9.17, 15) is 22.8 Å². The summed E-state index contributed by atoms with van der Waals surface area (Å²) >= 11 is 1.46. The van der Waals surface area contributed by atoms with Crippen molar-refractivity contribution < 1.29 is 18.0 Å². The number of pyridine rings is 1. The molecular weight excluding hydrogens is 431 g/mol. The number of rotatable bonds is 4. The third kappa shape index (κ3) is 4.41. The first-order valence-electron chi connectivity index (χ1n) is 9.85. The summed E-state index contributed by atoms with van der Waals surface area (Å²) in [7, 11) is 0. The Balaban J connectivity index is 1.39. The Morgan fingerprint density at radius 1 is 1.26 bits per heavy atom. The quantitative estimate of drug-likeness (QED) is 0.658. The minimum Gasteiger partial charge on any atom is -0.357 e. The molecule has 1 fully saturated rings. The van der Waals surface area contributed by atoms with Crippen LogP contribution < -0.4 is 15.9 Å². The highest BCUT2D eigenvalue weighted by atomic mass is 32.1. The summed E-state index contributed by atoms with van der Waals surface area (Å²) in [5.41, 5.74) is 1.51. The first-order valence-corrected chi connectivity index (χ1v) is 10.7. The van der Waals surface area contributed by atoms with Gasteiger partial charge in [0.05, 0.1) is 10.9 Å². The number of aromatic nitrogens is 3. The van der Waals surface area contributed by atoms with Gasteiger partial charge in [-0.25, -0.2) is 14.6 Å². The Kier molecular flexibility index (Phi) is 5.69. The van der Waals surface area contributed by atoms with Gasteiger partial charge in [-0.3, -0.25) is 15.0 Å². The highest BCUT2D eigenvalue weighted by molar-refractivity contribution is 7.18. The summed E-state index contributed by atoms with van der Waals surface area (Å²) in [6.07, 6.45) is -0.487. The molecule has 11 heteroatoms. The minimum absolute atomic E-state index is 0.283. The predicted molar refractivity (Wildman–Crippen MR) is 112 cm³/mol. The van der Waals surface area contributed by atoms with Crippen LogP contribution in [0.2, 0.25) is 0 Å². The Hall–Kier alpha value is -2.95. The lowest BCUT2D eigenvalue weighted by Crippen LogP contribution is -2.42. The number of anilines is 1. The second-order valence-electron chi connectivity index (χ2n) is 7.35. The molecule has 7 nitrogen and oxygen atoms in total. The van der Waals surface area contributed by atoms with E-state index in [0.717, 1.165) is 28.2 Å². The Labute approximate surface area is 179 Å². The summed E-state index contributed by atoms with van der Waals surface area (Å²) in [6, 6.07) is 4.15. The monoisotopic (exact) mass is 451 g/mol. The van der Waals surface area contributed by atoms with E-state index in [1.165, 1.54) is 23.7 Å². The Morgan fingerprint density at radius 2 is 2.00 bits per heavy atom. The van der Waals surface area contributed by atoms with Crippen molar-refractivity contribution in [1.82, 2.24) is 14.6 Å². The lowest BCUT2D eigenvalue weighted by molar-refractivity contribution is -0.137.